The number of nitrogens with zero attached hydrogens (tertiary/aromatic N) is 1. The Labute approximate surface area is 189 Å². The molecule has 3 rings (SSSR count). The lowest BCUT2D eigenvalue weighted by atomic mass is 9.83. The van der Waals surface area contributed by atoms with Crippen molar-refractivity contribution in [3.8, 4) is 5.75 Å². The average molecular weight is 436 g/mol. The van der Waals surface area contributed by atoms with Crippen molar-refractivity contribution >= 4 is 17.6 Å². The Morgan fingerprint density at radius 2 is 1.44 bits per heavy atom. The predicted octanol–water partition coefficient (Wildman–Crippen LogP) is 4.81. The molecule has 1 heterocycles. The Morgan fingerprint density at radius 1 is 0.875 bits per heavy atom. The highest BCUT2D eigenvalue weighted by Crippen LogP contribution is 2.39. The van der Waals surface area contributed by atoms with Gasteiger partial charge in [-0.25, -0.2) is 9.59 Å². The second kappa shape index (κ2) is 10.2. The minimum atomic E-state index is -0.648. The number of benzene rings is 2. The molecule has 2 aromatic carbocycles. The van der Waals surface area contributed by atoms with Gasteiger partial charge < -0.3 is 19.1 Å². The smallest absolute Gasteiger partial charge is 0.336 e. The molecule has 2 aromatic rings. The third-order valence-electron chi connectivity index (χ3n) is 5.13. The summed E-state index contributed by atoms with van der Waals surface area (Å²) in [6.45, 7) is 7.97. The van der Waals surface area contributed by atoms with E-state index < -0.39 is 17.9 Å². The van der Waals surface area contributed by atoms with Crippen LogP contribution < -0.4 is 9.64 Å². The minimum absolute atomic E-state index is 0.225. The largest absolute Gasteiger partial charge is 0.497 e. The molecule has 0 bridgehead atoms. The zero-order valence-corrected chi connectivity index (χ0v) is 19.2. The van der Waals surface area contributed by atoms with Gasteiger partial charge in [0.05, 0.1) is 37.4 Å². The van der Waals surface area contributed by atoms with Crippen LogP contribution in [0.3, 0.4) is 0 Å². The first-order valence-electron chi connectivity index (χ1n) is 10.7. The Morgan fingerprint density at radius 3 is 1.94 bits per heavy atom. The van der Waals surface area contributed by atoms with Crippen LogP contribution in [0.2, 0.25) is 0 Å². The molecule has 0 spiro atoms. The molecule has 0 unspecified atom stereocenters. The van der Waals surface area contributed by atoms with Gasteiger partial charge >= 0.3 is 11.9 Å². The number of esters is 2. The van der Waals surface area contributed by atoms with Crippen LogP contribution in [0, 0.1) is 13.8 Å². The molecule has 6 nitrogen and oxygen atoms in total. The van der Waals surface area contributed by atoms with Crippen molar-refractivity contribution in [3.05, 3.63) is 82.7 Å². The summed E-state index contributed by atoms with van der Waals surface area (Å²) in [6, 6.07) is 13.4. The second-order valence-electron chi connectivity index (χ2n) is 7.57. The van der Waals surface area contributed by atoms with Crippen LogP contribution in [0.5, 0.6) is 5.75 Å². The molecule has 1 aliphatic rings. The second-order valence-corrected chi connectivity index (χ2v) is 7.57. The van der Waals surface area contributed by atoms with E-state index in [-0.39, 0.29) is 13.2 Å². The highest BCUT2D eigenvalue weighted by atomic mass is 16.5. The van der Waals surface area contributed by atoms with Crippen molar-refractivity contribution in [1.29, 1.82) is 0 Å². The highest BCUT2D eigenvalue weighted by Gasteiger charge is 2.36. The van der Waals surface area contributed by atoms with Crippen LogP contribution in [0.25, 0.3) is 0 Å². The summed E-state index contributed by atoms with van der Waals surface area (Å²) in [5, 5.41) is 0. The lowest BCUT2D eigenvalue weighted by Gasteiger charge is -2.31. The predicted molar refractivity (Wildman–Crippen MR) is 124 cm³/mol. The lowest BCUT2D eigenvalue weighted by Crippen LogP contribution is -2.29. The van der Waals surface area contributed by atoms with Gasteiger partial charge in [0.1, 0.15) is 5.75 Å². The molecule has 168 valence electrons. The van der Waals surface area contributed by atoms with Gasteiger partial charge in [-0.15, -0.1) is 0 Å². The first-order valence-corrected chi connectivity index (χ1v) is 10.7. The molecule has 32 heavy (non-hydrogen) atoms. The van der Waals surface area contributed by atoms with Gasteiger partial charge in [0.2, 0.25) is 0 Å². The number of aryl methyl sites for hydroxylation is 2. The summed E-state index contributed by atoms with van der Waals surface area (Å²) in [4.78, 5) is 27.9. The van der Waals surface area contributed by atoms with E-state index in [9.17, 15) is 9.59 Å². The first-order chi connectivity index (χ1) is 15.4. The molecule has 0 saturated carbocycles. The van der Waals surface area contributed by atoms with Crippen molar-refractivity contribution in [1.82, 2.24) is 0 Å². The van der Waals surface area contributed by atoms with E-state index in [4.69, 9.17) is 14.2 Å². The third-order valence-corrected chi connectivity index (χ3v) is 5.13. The van der Waals surface area contributed by atoms with E-state index in [1.165, 1.54) is 0 Å². The molecule has 0 saturated heterocycles. The molecule has 0 fully saturated rings. The maximum atomic E-state index is 13.0. The van der Waals surface area contributed by atoms with E-state index in [1.807, 2.05) is 50.2 Å². The van der Waals surface area contributed by atoms with Crippen LogP contribution in [-0.4, -0.2) is 32.3 Å². The molecule has 0 aliphatic carbocycles. The normalized spacial score (nSPS) is 13.8. The van der Waals surface area contributed by atoms with E-state index in [0.717, 1.165) is 22.4 Å². The molecule has 0 N–H and O–H groups in total. The molecule has 0 radical (unpaired) electrons. The van der Waals surface area contributed by atoms with E-state index in [0.29, 0.717) is 16.9 Å². The fourth-order valence-electron chi connectivity index (χ4n) is 3.85. The standard InChI is InChI=1S/C26H29NO5/c1-6-31-25(28)22-15-27(20-12-17(3)11-18(4)13-20)16-23(26(29)32-7-2)24(22)19-9-8-10-21(14-19)30-5/h8-16,24H,6-7H2,1-5H3. The van der Waals surface area contributed by atoms with Crippen molar-refractivity contribution in [2.24, 2.45) is 0 Å². The van der Waals surface area contributed by atoms with E-state index in [1.54, 1.807) is 38.3 Å². The lowest BCUT2D eigenvalue weighted by molar-refractivity contribution is -0.139. The third kappa shape index (κ3) is 5.02. The van der Waals surface area contributed by atoms with E-state index in [2.05, 4.69) is 6.07 Å². The van der Waals surface area contributed by atoms with Crippen LogP contribution >= 0.6 is 0 Å². The topological polar surface area (TPSA) is 65.1 Å². The summed E-state index contributed by atoms with van der Waals surface area (Å²) in [5.74, 6) is -0.981. The van der Waals surface area contributed by atoms with Crippen molar-refractivity contribution < 1.29 is 23.8 Å². The molecule has 1 aliphatic heterocycles. The summed E-state index contributed by atoms with van der Waals surface area (Å²) in [6.07, 6.45) is 3.47. The Bertz CT molecular complexity index is 1010. The molecule has 0 aromatic heterocycles. The van der Waals surface area contributed by atoms with Gasteiger partial charge in [0, 0.05) is 18.1 Å². The van der Waals surface area contributed by atoms with Crippen LogP contribution in [0.15, 0.2) is 66.0 Å². The molecular formula is C26H29NO5. The van der Waals surface area contributed by atoms with Crippen LogP contribution in [-0.2, 0) is 19.1 Å². The molecule has 0 atom stereocenters. The highest BCUT2D eigenvalue weighted by molar-refractivity contribution is 6.00. The van der Waals surface area contributed by atoms with E-state index >= 15 is 0 Å². The number of carbonyl (C=O) groups excluding carboxylic acids is 2. The number of anilines is 1. The quantitative estimate of drug-likeness (QED) is 0.582. The summed E-state index contributed by atoms with van der Waals surface area (Å²) in [5.41, 5.74) is 4.44. The zero-order valence-electron chi connectivity index (χ0n) is 19.2. The van der Waals surface area contributed by atoms with Gasteiger partial charge in [-0.2, -0.15) is 0 Å². The zero-order chi connectivity index (χ0) is 23.3. The fourth-order valence-corrected chi connectivity index (χ4v) is 3.85. The Balaban J connectivity index is 2.21. The summed E-state index contributed by atoms with van der Waals surface area (Å²) in [7, 11) is 1.58. The van der Waals surface area contributed by atoms with Crippen molar-refractivity contribution in [2.75, 3.05) is 25.2 Å². The molecule has 0 amide bonds. The SMILES string of the molecule is CCOC(=O)C1=CN(c2cc(C)cc(C)c2)C=C(C(=O)OCC)C1c1cccc(OC)c1. The number of methoxy groups -OCH3 is 1. The fraction of sp³-hybridized carbons (Fsp3) is 0.308. The van der Waals surface area contributed by atoms with Gasteiger partial charge in [-0.1, -0.05) is 18.2 Å². The maximum absolute atomic E-state index is 13.0. The number of hydrogen-bond acceptors (Lipinski definition) is 6. The number of ether oxygens (including phenoxy) is 3. The van der Waals surface area contributed by atoms with Gasteiger partial charge in [0.15, 0.2) is 0 Å². The summed E-state index contributed by atoms with van der Waals surface area (Å²) < 4.78 is 16.1. The van der Waals surface area contributed by atoms with Gasteiger partial charge in [-0.05, 0) is 68.7 Å². The number of hydrogen-bond donors (Lipinski definition) is 0. The maximum Gasteiger partial charge on any atom is 0.336 e. The van der Waals surface area contributed by atoms with Crippen molar-refractivity contribution in [2.45, 2.75) is 33.6 Å². The van der Waals surface area contributed by atoms with Gasteiger partial charge in [-0.3, -0.25) is 0 Å². The molecular weight excluding hydrogens is 406 g/mol. The van der Waals surface area contributed by atoms with Gasteiger partial charge in [0.25, 0.3) is 0 Å². The van der Waals surface area contributed by atoms with Crippen LogP contribution in [0.1, 0.15) is 36.5 Å². The van der Waals surface area contributed by atoms with Crippen molar-refractivity contribution in [3.63, 3.8) is 0 Å². The average Bonchev–Trinajstić information content (AvgIpc) is 2.78. The Hall–Kier alpha value is -3.54. The Kier molecular flexibility index (Phi) is 7.36. The van der Waals surface area contributed by atoms with Crippen LogP contribution in [0.4, 0.5) is 5.69 Å². The minimum Gasteiger partial charge on any atom is -0.497 e. The molecule has 6 heteroatoms. The monoisotopic (exact) mass is 435 g/mol. The number of rotatable bonds is 7. The summed E-state index contributed by atoms with van der Waals surface area (Å²) >= 11 is 0. The number of carbonyl (C=O) groups is 2. The first kappa shape index (κ1) is 23.1.